The number of hydrogen-bond acceptors (Lipinski definition) is 1. The largest absolute Gasteiger partial charge is 0.316 e. The molecule has 0 saturated carbocycles. The third-order valence-corrected chi connectivity index (χ3v) is 3.52. The molecule has 0 amide bonds. The van der Waals surface area contributed by atoms with Crippen molar-refractivity contribution >= 4 is 0 Å². The molecule has 1 aromatic carbocycles. The minimum absolute atomic E-state index is 0.384. The molecule has 0 aliphatic rings. The fraction of sp³-hybridized carbons (Fsp3) is 0.625. The van der Waals surface area contributed by atoms with E-state index >= 15 is 0 Å². The first kappa shape index (κ1) is 14.2. The van der Waals surface area contributed by atoms with Crippen molar-refractivity contribution in [2.24, 2.45) is 5.41 Å². The van der Waals surface area contributed by atoms with Gasteiger partial charge in [0.15, 0.2) is 0 Å². The van der Waals surface area contributed by atoms with E-state index in [0.29, 0.717) is 5.41 Å². The fourth-order valence-electron chi connectivity index (χ4n) is 1.99. The number of rotatable bonds is 6. The van der Waals surface area contributed by atoms with Gasteiger partial charge < -0.3 is 5.32 Å². The molecule has 1 heteroatoms. The molecule has 0 aliphatic carbocycles. The van der Waals surface area contributed by atoms with Crippen LogP contribution in [0.25, 0.3) is 0 Å². The Balaban J connectivity index is 2.51. The van der Waals surface area contributed by atoms with Crippen molar-refractivity contribution < 1.29 is 0 Å². The predicted octanol–water partition coefficient (Wildman–Crippen LogP) is 3.87. The molecule has 0 radical (unpaired) electrons. The zero-order valence-electron chi connectivity index (χ0n) is 12.1. The Morgan fingerprint density at radius 3 is 2.41 bits per heavy atom. The van der Waals surface area contributed by atoms with E-state index in [0.717, 1.165) is 13.1 Å². The molecule has 0 atom stereocenters. The molecule has 0 unspecified atom stereocenters. The van der Waals surface area contributed by atoms with E-state index in [2.05, 4.69) is 58.1 Å². The monoisotopic (exact) mass is 233 g/mol. The van der Waals surface area contributed by atoms with Crippen LogP contribution in [-0.2, 0) is 6.42 Å². The van der Waals surface area contributed by atoms with Crippen LogP contribution in [0.4, 0.5) is 0 Å². The third kappa shape index (κ3) is 4.91. The zero-order chi connectivity index (χ0) is 12.9. The van der Waals surface area contributed by atoms with Crippen LogP contribution in [0, 0.1) is 19.3 Å². The van der Waals surface area contributed by atoms with Gasteiger partial charge in [0.2, 0.25) is 0 Å². The lowest BCUT2D eigenvalue weighted by Gasteiger charge is -2.25. The van der Waals surface area contributed by atoms with Crippen molar-refractivity contribution in [2.75, 3.05) is 13.1 Å². The summed E-state index contributed by atoms with van der Waals surface area (Å²) in [6, 6.07) is 6.84. The molecule has 17 heavy (non-hydrogen) atoms. The highest BCUT2D eigenvalue weighted by Crippen LogP contribution is 2.22. The minimum atomic E-state index is 0.384. The summed E-state index contributed by atoms with van der Waals surface area (Å²) in [6.45, 7) is 13.4. The van der Waals surface area contributed by atoms with Gasteiger partial charge in [0, 0.05) is 6.54 Å². The maximum absolute atomic E-state index is 3.45. The van der Waals surface area contributed by atoms with Crippen molar-refractivity contribution in [3.8, 4) is 0 Å². The van der Waals surface area contributed by atoms with E-state index in [1.807, 2.05) is 0 Å². The summed E-state index contributed by atoms with van der Waals surface area (Å²) >= 11 is 0. The molecule has 0 aliphatic heterocycles. The Morgan fingerprint density at radius 2 is 1.82 bits per heavy atom. The number of hydrogen-bond donors (Lipinski definition) is 1. The average Bonchev–Trinajstić information content (AvgIpc) is 2.28. The highest BCUT2D eigenvalue weighted by molar-refractivity contribution is 5.29. The van der Waals surface area contributed by atoms with Crippen LogP contribution in [-0.4, -0.2) is 13.1 Å². The van der Waals surface area contributed by atoms with Crippen molar-refractivity contribution in [3.05, 3.63) is 34.9 Å². The van der Waals surface area contributed by atoms with Crippen LogP contribution >= 0.6 is 0 Å². The first-order valence-corrected chi connectivity index (χ1v) is 6.71. The Bertz CT molecular complexity index is 353. The summed E-state index contributed by atoms with van der Waals surface area (Å²) in [5, 5.41) is 3.45. The summed E-state index contributed by atoms with van der Waals surface area (Å²) in [5.74, 6) is 0. The second-order valence-electron chi connectivity index (χ2n) is 5.86. The molecule has 0 fully saturated rings. The third-order valence-electron chi connectivity index (χ3n) is 3.52. The van der Waals surface area contributed by atoms with Gasteiger partial charge in [-0.3, -0.25) is 0 Å². The van der Waals surface area contributed by atoms with Crippen molar-refractivity contribution in [2.45, 2.75) is 47.5 Å². The number of nitrogens with one attached hydrogen (secondary N) is 1. The van der Waals surface area contributed by atoms with Crippen LogP contribution in [0.2, 0.25) is 0 Å². The molecule has 0 saturated heterocycles. The second-order valence-corrected chi connectivity index (χ2v) is 5.86. The van der Waals surface area contributed by atoms with Crippen LogP contribution in [0.3, 0.4) is 0 Å². The number of benzene rings is 1. The topological polar surface area (TPSA) is 12.0 Å². The zero-order valence-corrected chi connectivity index (χ0v) is 12.1. The standard InChI is InChI=1S/C16H27N/c1-6-17-12-16(4,5)10-9-15-8-7-13(2)14(3)11-15/h7-8,11,17H,6,9-10,12H2,1-5H3. The van der Waals surface area contributed by atoms with Gasteiger partial charge in [-0.05, 0) is 55.3 Å². The Hall–Kier alpha value is -0.820. The molecular formula is C16H27N. The first-order chi connectivity index (χ1) is 7.94. The van der Waals surface area contributed by atoms with Crippen molar-refractivity contribution in [1.29, 1.82) is 0 Å². The van der Waals surface area contributed by atoms with E-state index in [1.165, 1.54) is 29.5 Å². The van der Waals surface area contributed by atoms with Crippen LogP contribution in [0.5, 0.6) is 0 Å². The van der Waals surface area contributed by atoms with E-state index in [9.17, 15) is 0 Å². The molecule has 0 aromatic heterocycles. The van der Waals surface area contributed by atoms with Gasteiger partial charge in [-0.1, -0.05) is 39.0 Å². The van der Waals surface area contributed by atoms with Gasteiger partial charge in [-0.2, -0.15) is 0 Å². The smallest absolute Gasteiger partial charge is 0.000251 e. The lowest BCUT2D eigenvalue weighted by Crippen LogP contribution is -2.29. The fourth-order valence-corrected chi connectivity index (χ4v) is 1.99. The molecular weight excluding hydrogens is 206 g/mol. The number of aryl methyl sites for hydroxylation is 3. The molecule has 0 spiro atoms. The van der Waals surface area contributed by atoms with Crippen molar-refractivity contribution in [3.63, 3.8) is 0 Å². The van der Waals surface area contributed by atoms with Crippen molar-refractivity contribution in [1.82, 2.24) is 5.32 Å². The van der Waals surface area contributed by atoms with Crippen LogP contribution in [0.15, 0.2) is 18.2 Å². The van der Waals surface area contributed by atoms with Crippen LogP contribution in [0.1, 0.15) is 43.9 Å². The maximum atomic E-state index is 3.45. The minimum Gasteiger partial charge on any atom is -0.316 e. The van der Waals surface area contributed by atoms with Gasteiger partial charge in [-0.25, -0.2) is 0 Å². The van der Waals surface area contributed by atoms with Gasteiger partial charge in [0.25, 0.3) is 0 Å². The van der Waals surface area contributed by atoms with E-state index in [4.69, 9.17) is 0 Å². The highest BCUT2D eigenvalue weighted by Gasteiger charge is 2.16. The predicted molar refractivity (Wildman–Crippen MR) is 76.6 cm³/mol. The van der Waals surface area contributed by atoms with Gasteiger partial charge in [0.05, 0.1) is 0 Å². The molecule has 0 bridgehead atoms. The second kappa shape index (κ2) is 6.20. The summed E-state index contributed by atoms with van der Waals surface area (Å²) in [7, 11) is 0. The highest BCUT2D eigenvalue weighted by atomic mass is 14.9. The molecule has 1 rings (SSSR count). The Kier molecular flexibility index (Phi) is 5.20. The quantitative estimate of drug-likeness (QED) is 0.786. The van der Waals surface area contributed by atoms with E-state index in [1.54, 1.807) is 0 Å². The summed E-state index contributed by atoms with van der Waals surface area (Å²) in [4.78, 5) is 0. The first-order valence-electron chi connectivity index (χ1n) is 6.71. The molecule has 1 nitrogen and oxygen atoms in total. The van der Waals surface area contributed by atoms with Gasteiger partial charge in [-0.15, -0.1) is 0 Å². The average molecular weight is 233 g/mol. The van der Waals surface area contributed by atoms with Gasteiger partial charge in [0.1, 0.15) is 0 Å². The van der Waals surface area contributed by atoms with E-state index < -0.39 is 0 Å². The normalized spacial score (nSPS) is 11.8. The lowest BCUT2D eigenvalue weighted by molar-refractivity contribution is 0.318. The molecule has 96 valence electrons. The van der Waals surface area contributed by atoms with Gasteiger partial charge >= 0.3 is 0 Å². The summed E-state index contributed by atoms with van der Waals surface area (Å²) in [6.07, 6.45) is 2.42. The molecule has 1 aromatic rings. The Labute approximate surface area is 107 Å². The maximum Gasteiger partial charge on any atom is 0.000251 e. The summed E-state index contributed by atoms with van der Waals surface area (Å²) < 4.78 is 0. The lowest BCUT2D eigenvalue weighted by atomic mass is 9.86. The van der Waals surface area contributed by atoms with E-state index in [-0.39, 0.29) is 0 Å². The summed E-state index contributed by atoms with van der Waals surface area (Å²) in [5.41, 5.74) is 4.65. The van der Waals surface area contributed by atoms with Crippen LogP contribution < -0.4 is 5.32 Å². The molecule has 1 N–H and O–H groups in total. The SMILES string of the molecule is CCNCC(C)(C)CCc1ccc(C)c(C)c1. The molecule has 0 heterocycles. The Morgan fingerprint density at radius 1 is 1.12 bits per heavy atom.